The van der Waals surface area contributed by atoms with Crippen LogP contribution in [-0.4, -0.2) is 57.0 Å². The van der Waals surface area contributed by atoms with Crippen LogP contribution in [0.4, 0.5) is 0 Å². The van der Waals surface area contributed by atoms with Gasteiger partial charge >= 0.3 is 0 Å². The molecule has 0 bridgehead atoms. The smallest absolute Gasteiger partial charge is 0.217 e. The van der Waals surface area contributed by atoms with E-state index in [2.05, 4.69) is 19.2 Å². The second-order valence-electron chi connectivity index (χ2n) is 8.45. The van der Waals surface area contributed by atoms with E-state index >= 15 is 0 Å². The summed E-state index contributed by atoms with van der Waals surface area (Å²) in [5.74, 6) is 1.46. The fourth-order valence-electron chi connectivity index (χ4n) is 4.89. The minimum Gasteiger partial charge on any atom is -0.377 e. The predicted octanol–water partition coefficient (Wildman–Crippen LogP) is 2.11. The standard InChI is InChI=1S/C12H21NO3.C10H19NO2/c1-4-9-5-10(13-8(2)14)6-11(9)12(15)7-16-3;1-3-7-4-8(11)5-9(7)10(12)6-13-2/h9-11H,4-7H2,1-3H3,(H,13,14);7-9H,3-6,11H2,1-2H3/t9-,10+,11+;/m1./s1. The maximum Gasteiger partial charge on any atom is 0.217 e. The van der Waals surface area contributed by atoms with Gasteiger partial charge in [0.15, 0.2) is 11.6 Å². The van der Waals surface area contributed by atoms with Crippen LogP contribution in [0.1, 0.15) is 59.3 Å². The Hall–Kier alpha value is -1.31. The summed E-state index contributed by atoms with van der Waals surface area (Å²) in [5.41, 5.74) is 5.83. The van der Waals surface area contributed by atoms with E-state index in [1.807, 2.05) is 0 Å². The van der Waals surface area contributed by atoms with Crippen LogP contribution in [-0.2, 0) is 23.9 Å². The highest BCUT2D eigenvalue weighted by molar-refractivity contribution is 5.83. The van der Waals surface area contributed by atoms with E-state index in [9.17, 15) is 14.4 Å². The van der Waals surface area contributed by atoms with Crippen LogP contribution in [0, 0.1) is 23.7 Å². The molecule has 168 valence electrons. The second-order valence-corrected chi connectivity index (χ2v) is 8.45. The molecule has 0 aromatic rings. The number of carbonyl (C=O) groups excluding carboxylic acids is 3. The number of hydrogen-bond donors (Lipinski definition) is 2. The molecular formula is C22H40N2O5. The number of Topliss-reactive ketones (excluding diaryl/α,β-unsaturated/α-hetero) is 2. The van der Waals surface area contributed by atoms with Crippen LogP contribution < -0.4 is 11.1 Å². The van der Waals surface area contributed by atoms with E-state index in [0.29, 0.717) is 11.8 Å². The number of ketones is 2. The average Bonchev–Trinajstić information content (AvgIpc) is 3.25. The number of nitrogens with two attached hydrogens (primary N) is 1. The molecule has 1 amide bonds. The van der Waals surface area contributed by atoms with Gasteiger partial charge in [0.1, 0.15) is 13.2 Å². The van der Waals surface area contributed by atoms with Crippen molar-refractivity contribution >= 4 is 17.5 Å². The van der Waals surface area contributed by atoms with Gasteiger partial charge in [-0.1, -0.05) is 26.7 Å². The summed E-state index contributed by atoms with van der Waals surface area (Å²) in [6.07, 6.45) is 5.55. The van der Waals surface area contributed by atoms with E-state index in [4.69, 9.17) is 15.2 Å². The molecule has 0 aromatic heterocycles. The van der Waals surface area contributed by atoms with Crippen LogP contribution in [0.3, 0.4) is 0 Å². The summed E-state index contributed by atoms with van der Waals surface area (Å²) in [6, 6.07) is 0.379. The number of ether oxygens (including phenoxy) is 2. The molecule has 7 heteroatoms. The Kier molecular flexibility index (Phi) is 11.6. The first kappa shape index (κ1) is 25.7. The summed E-state index contributed by atoms with van der Waals surface area (Å²) in [6.45, 7) is 6.16. The summed E-state index contributed by atoms with van der Waals surface area (Å²) >= 11 is 0. The van der Waals surface area contributed by atoms with E-state index in [-0.39, 0.29) is 54.6 Å². The highest BCUT2D eigenvalue weighted by atomic mass is 16.5. The third-order valence-electron chi connectivity index (χ3n) is 6.28. The number of carbonyl (C=O) groups is 3. The van der Waals surface area contributed by atoms with Crippen LogP contribution >= 0.6 is 0 Å². The zero-order valence-corrected chi connectivity index (χ0v) is 18.7. The van der Waals surface area contributed by atoms with Crippen LogP contribution in [0.2, 0.25) is 0 Å². The first-order valence-corrected chi connectivity index (χ1v) is 10.8. The summed E-state index contributed by atoms with van der Waals surface area (Å²) in [4.78, 5) is 34.4. The first-order valence-electron chi connectivity index (χ1n) is 10.8. The fraction of sp³-hybridized carbons (Fsp3) is 0.864. The van der Waals surface area contributed by atoms with Gasteiger partial charge in [0, 0.05) is 45.1 Å². The molecule has 7 nitrogen and oxygen atoms in total. The molecule has 29 heavy (non-hydrogen) atoms. The molecule has 3 unspecified atom stereocenters. The van der Waals surface area contributed by atoms with Crippen LogP contribution in [0.25, 0.3) is 0 Å². The molecule has 0 aliphatic heterocycles. The van der Waals surface area contributed by atoms with Gasteiger partial charge in [-0.15, -0.1) is 0 Å². The van der Waals surface area contributed by atoms with Crippen molar-refractivity contribution in [3.63, 3.8) is 0 Å². The van der Waals surface area contributed by atoms with Crippen molar-refractivity contribution < 1.29 is 23.9 Å². The molecule has 0 heterocycles. The molecule has 2 fully saturated rings. The number of hydrogen-bond acceptors (Lipinski definition) is 6. The van der Waals surface area contributed by atoms with Gasteiger partial charge in [-0.2, -0.15) is 0 Å². The number of methoxy groups -OCH3 is 2. The van der Waals surface area contributed by atoms with Crippen LogP contribution in [0.5, 0.6) is 0 Å². The Balaban J connectivity index is 0.000000296. The highest BCUT2D eigenvalue weighted by Crippen LogP contribution is 2.35. The van der Waals surface area contributed by atoms with Crippen LogP contribution in [0.15, 0.2) is 0 Å². The minimum atomic E-state index is -0.0142. The molecule has 2 saturated carbocycles. The lowest BCUT2D eigenvalue weighted by Crippen LogP contribution is -2.31. The average molecular weight is 413 g/mol. The molecule has 0 spiro atoms. The predicted molar refractivity (Wildman–Crippen MR) is 112 cm³/mol. The molecule has 2 aliphatic rings. The minimum absolute atomic E-state index is 0.0142. The largest absolute Gasteiger partial charge is 0.377 e. The Morgan fingerprint density at radius 1 is 0.862 bits per heavy atom. The van der Waals surface area contributed by atoms with Crippen molar-refractivity contribution in [2.75, 3.05) is 27.4 Å². The molecule has 6 atom stereocenters. The number of rotatable bonds is 9. The lowest BCUT2D eigenvalue weighted by Gasteiger charge is -2.15. The summed E-state index contributed by atoms with van der Waals surface area (Å²) in [5, 5.41) is 2.90. The monoisotopic (exact) mass is 412 g/mol. The van der Waals surface area contributed by atoms with Crippen molar-refractivity contribution in [2.24, 2.45) is 29.4 Å². The second kappa shape index (κ2) is 13.1. The lowest BCUT2D eigenvalue weighted by molar-refractivity contribution is -0.128. The molecule has 0 aromatic carbocycles. The Bertz CT molecular complexity index is 539. The maximum absolute atomic E-state index is 11.8. The van der Waals surface area contributed by atoms with Gasteiger partial charge in [0.2, 0.25) is 5.91 Å². The molecule has 3 N–H and O–H groups in total. The zero-order chi connectivity index (χ0) is 22.0. The van der Waals surface area contributed by atoms with Crippen molar-refractivity contribution in [2.45, 2.75) is 71.4 Å². The Morgan fingerprint density at radius 3 is 1.79 bits per heavy atom. The fourth-order valence-corrected chi connectivity index (χ4v) is 4.89. The quantitative estimate of drug-likeness (QED) is 0.600. The normalized spacial score (nSPS) is 31.1. The third kappa shape index (κ3) is 8.15. The van der Waals surface area contributed by atoms with E-state index in [1.165, 1.54) is 6.92 Å². The van der Waals surface area contributed by atoms with Crippen molar-refractivity contribution in [1.29, 1.82) is 0 Å². The highest BCUT2D eigenvalue weighted by Gasteiger charge is 2.37. The van der Waals surface area contributed by atoms with Gasteiger partial charge < -0.3 is 20.5 Å². The first-order chi connectivity index (χ1) is 13.8. The van der Waals surface area contributed by atoms with Crippen molar-refractivity contribution in [3.05, 3.63) is 0 Å². The van der Waals surface area contributed by atoms with Gasteiger partial charge in [-0.05, 0) is 37.5 Å². The van der Waals surface area contributed by atoms with Crippen molar-refractivity contribution in [3.8, 4) is 0 Å². The molecule has 0 radical (unpaired) electrons. The summed E-state index contributed by atoms with van der Waals surface area (Å²) in [7, 11) is 3.10. The van der Waals surface area contributed by atoms with Gasteiger partial charge in [-0.25, -0.2) is 0 Å². The molecule has 2 aliphatic carbocycles. The SMILES string of the molecule is CCC1CC(N)CC1C(=O)COC.CC[C@@H]1C[C@H](NC(C)=O)C[C@@H]1C(=O)COC. The Labute approximate surface area is 175 Å². The molecule has 0 saturated heterocycles. The third-order valence-corrected chi connectivity index (χ3v) is 6.28. The zero-order valence-electron chi connectivity index (χ0n) is 18.7. The summed E-state index contributed by atoms with van der Waals surface area (Å²) < 4.78 is 9.74. The lowest BCUT2D eigenvalue weighted by atomic mass is 9.90. The Morgan fingerprint density at radius 2 is 1.34 bits per heavy atom. The molecule has 2 rings (SSSR count). The molecular weight excluding hydrogens is 372 g/mol. The number of amides is 1. The van der Waals surface area contributed by atoms with E-state index in [0.717, 1.165) is 38.5 Å². The van der Waals surface area contributed by atoms with Gasteiger partial charge in [-0.3, -0.25) is 14.4 Å². The van der Waals surface area contributed by atoms with Crippen molar-refractivity contribution in [1.82, 2.24) is 5.32 Å². The van der Waals surface area contributed by atoms with E-state index < -0.39 is 0 Å². The topological polar surface area (TPSA) is 108 Å². The van der Waals surface area contributed by atoms with Gasteiger partial charge in [0.25, 0.3) is 0 Å². The maximum atomic E-state index is 11.8. The van der Waals surface area contributed by atoms with E-state index in [1.54, 1.807) is 14.2 Å². The van der Waals surface area contributed by atoms with Gasteiger partial charge in [0.05, 0.1) is 0 Å². The number of nitrogens with one attached hydrogen (secondary N) is 1.